The average molecular weight is 292 g/mol. The highest BCUT2D eigenvalue weighted by molar-refractivity contribution is 6.30. The van der Waals surface area contributed by atoms with E-state index in [1.165, 1.54) is 0 Å². The smallest absolute Gasteiger partial charge is 0.233 e. The summed E-state index contributed by atoms with van der Waals surface area (Å²) in [7, 11) is 0. The number of amides is 1. The van der Waals surface area contributed by atoms with Crippen LogP contribution in [0.1, 0.15) is 25.2 Å². The van der Waals surface area contributed by atoms with Crippen LogP contribution >= 0.6 is 11.6 Å². The van der Waals surface area contributed by atoms with Crippen LogP contribution in [0, 0.1) is 0 Å². The number of carbonyl (C=O) groups excluding carboxylic acids is 1. The second kappa shape index (κ2) is 5.25. The Bertz CT molecular complexity index is 635. The summed E-state index contributed by atoms with van der Waals surface area (Å²) in [6.45, 7) is 3.17. The minimum absolute atomic E-state index is 0.144. The summed E-state index contributed by atoms with van der Waals surface area (Å²) in [5, 5.41) is 4.61. The van der Waals surface area contributed by atoms with E-state index in [1.54, 1.807) is 17.0 Å². The van der Waals surface area contributed by atoms with Crippen LogP contribution in [-0.4, -0.2) is 34.0 Å². The second-order valence-electron chi connectivity index (χ2n) is 4.82. The summed E-state index contributed by atoms with van der Waals surface area (Å²) in [4.78, 5) is 17.7. The average Bonchev–Trinajstić information content (AvgIpc) is 2.86. The van der Waals surface area contributed by atoms with Crippen molar-refractivity contribution >= 4 is 17.5 Å². The largest absolute Gasteiger partial charge is 0.341 e. The number of hydrogen-bond acceptors (Lipinski definition) is 4. The molecule has 1 aromatic carbocycles. The van der Waals surface area contributed by atoms with Gasteiger partial charge in [0.1, 0.15) is 0 Å². The molecule has 20 heavy (non-hydrogen) atoms. The Hall–Kier alpha value is -1.88. The van der Waals surface area contributed by atoms with Crippen molar-refractivity contribution in [2.24, 2.45) is 0 Å². The first-order valence-corrected chi connectivity index (χ1v) is 6.92. The first kappa shape index (κ1) is 13.1. The molecule has 1 aliphatic rings. The molecule has 2 heterocycles. The van der Waals surface area contributed by atoms with E-state index in [-0.39, 0.29) is 11.8 Å². The number of likely N-dealkylation sites (tertiary alicyclic amines) is 1. The molecule has 0 atom stereocenters. The van der Waals surface area contributed by atoms with E-state index in [1.807, 2.05) is 19.1 Å². The second-order valence-corrected chi connectivity index (χ2v) is 5.25. The maximum absolute atomic E-state index is 11.5. The molecule has 1 fully saturated rings. The third-order valence-electron chi connectivity index (χ3n) is 3.41. The first-order valence-electron chi connectivity index (χ1n) is 6.54. The van der Waals surface area contributed by atoms with Gasteiger partial charge in [-0.05, 0) is 12.1 Å². The molecule has 3 rings (SSSR count). The van der Waals surface area contributed by atoms with Crippen LogP contribution in [0.3, 0.4) is 0 Å². The minimum Gasteiger partial charge on any atom is -0.341 e. The third-order valence-corrected chi connectivity index (χ3v) is 3.65. The normalized spacial score (nSPS) is 15.2. The number of nitrogens with zero attached hydrogens (tertiary/aromatic N) is 3. The summed E-state index contributed by atoms with van der Waals surface area (Å²) >= 11 is 5.94. The van der Waals surface area contributed by atoms with Crippen molar-refractivity contribution < 1.29 is 9.32 Å². The fourth-order valence-corrected chi connectivity index (χ4v) is 2.40. The molecule has 1 amide bonds. The lowest BCUT2D eigenvalue weighted by Gasteiger charge is -2.36. The lowest BCUT2D eigenvalue weighted by Crippen LogP contribution is -2.48. The molecule has 5 nitrogen and oxygen atoms in total. The number of carbonyl (C=O) groups is 1. The zero-order valence-electron chi connectivity index (χ0n) is 11.0. The zero-order chi connectivity index (χ0) is 14.1. The Kier molecular flexibility index (Phi) is 3.44. The van der Waals surface area contributed by atoms with E-state index >= 15 is 0 Å². The van der Waals surface area contributed by atoms with Gasteiger partial charge >= 0.3 is 0 Å². The molecule has 0 bridgehead atoms. The van der Waals surface area contributed by atoms with Crippen LogP contribution in [0.4, 0.5) is 0 Å². The number of hydrogen-bond donors (Lipinski definition) is 0. The molecule has 2 aromatic rings. The molecule has 6 heteroatoms. The molecule has 1 aliphatic heterocycles. The topological polar surface area (TPSA) is 59.2 Å². The van der Waals surface area contributed by atoms with Gasteiger partial charge in [0.15, 0.2) is 0 Å². The number of benzene rings is 1. The highest BCUT2D eigenvalue weighted by atomic mass is 35.5. The van der Waals surface area contributed by atoms with Crippen LogP contribution in [0.25, 0.3) is 11.4 Å². The van der Waals surface area contributed by atoms with Crippen LogP contribution < -0.4 is 0 Å². The molecule has 0 saturated carbocycles. The molecule has 1 aromatic heterocycles. The van der Waals surface area contributed by atoms with E-state index in [2.05, 4.69) is 10.1 Å². The summed E-state index contributed by atoms with van der Waals surface area (Å²) in [6, 6.07) is 7.32. The zero-order valence-corrected chi connectivity index (χ0v) is 11.8. The monoisotopic (exact) mass is 291 g/mol. The van der Waals surface area contributed by atoms with Gasteiger partial charge in [0.25, 0.3) is 0 Å². The lowest BCUT2D eigenvalue weighted by atomic mass is 10.00. The highest BCUT2D eigenvalue weighted by Gasteiger charge is 2.34. The maximum Gasteiger partial charge on any atom is 0.233 e. The van der Waals surface area contributed by atoms with Crippen molar-refractivity contribution in [2.45, 2.75) is 19.3 Å². The fourth-order valence-electron chi connectivity index (χ4n) is 2.21. The highest BCUT2D eigenvalue weighted by Crippen LogP contribution is 2.28. The molecular formula is C14H14ClN3O2. The molecule has 0 radical (unpaired) electrons. The van der Waals surface area contributed by atoms with E-state index in [9.17, 15) is 4.79 Å². The van der Waals surface area contributed by atoms with Crippen molar-refractivity contribution in [1.82, 2.24) is 15.0 Å². The molecule has 1 saturated heterocycles. The molecule has 0 aliphatic carbocycles. The van der Waals surface area contributed by atoms with Gasteiger partial charge < -0.3 is 9.42 Å². The third kappa shape index (κ3) is 2.41. The summed E-state index contributed by atoms with van der Waals surface area (Å²) < 4.78 is 5.28. The molecule has 0 spiro atoms. The molecule has 104 valence electrons. The number of halogens is 1. The van der Waals surface area contributed by atoms with Gasteiger partial charge in [-0.1, -0.05) is 35.8 Å². The van der Waals surface area contributed by atoms with Gasteiger partial charge in [0.05, 0.1) is 5.92 Å². The van der Waals surface area contributed by atoms with Crippen molar-refractivity contribution in [3.8, 4) is 11.4 Å². The van der Waals surface area contributed by atoms with E-state index < -0.39 is 0 Å². The van der Waals surface area contributed by atoms with Crippen molar-refractivity contribution in [3.63, 3.8) is 0 Å². The maximum atomic E-state index is 11.5. The SMILES string of the molecule is CCC(=O)N1CC(c2nc(-c3cccc(Cl)c3)no2)C1. The van der Waals surface area contributed by atoms with E-state index in [0.717, 1.165) is 5.56 Å². The predicted octanol–water partition coefficient (Wildman–Crippen LogP) is 2.73. The van der Waals surface area contributed by atoms with Gasteiger partial charge in [-0.3, -0.25) is 4.79 Å². The van der Waals surface area contributed by atoms with Crippen molar-refractivity contribution in [2.75, 3.05) is 13.1 Å². The summed E-state index contributed by atoms with van der Waals surface area (Å²) in [5.41, 5.74) is 0.827. The molecule has 0 unspecified atom stereocenters. The first-order chi connectivity index (χ1) is 9.67. The number of aromatic nitrogens is 2. The lowest BCUT2D eigenvalue weighted by molar-refractivity contribution is -0.135. The Labute approximate surface area is 121 Å². The van der Waals surface area contributed by atoms with Gasteiger partial charge in [-0.15, -0.1) is 0 Å². The fraction of sp³-hybridized carbons (Fsp3) is 0.357. The summed E-state index contributed by atoms with van der Waals surface area (Å²) in [6.07, 6.45) is 0.532. The standard InChI is InChI=1S/C14H14ClN3O2/c1-2-12(19)18-7-10(8-18)14-16-13(17-20-14)9-4-3-5-11(15)6-9/h3-6,10H,2,7-8H2,1H3. The van der Waals surface area contributed by atoms with Crippen LogP contribution in [0.5, 0.6) is 0 Å². The van der Waals surface area contributed by atoms with Crippen molar-refractivity contribution in [1.29, 1.82) is 0 Å². The Morgan fingerprint density at radius 2 is 2.30 bits per heavy atom. The van der Waals surface area contributed by atoms with Crippen LogP contribution in [0.2, 0.25) is 5.02 Å². The Morgan fingerprint density at radius 1 is 1.50 bits per heavy atom. The van der Waals surface area contributed by atoms with Gasteiger partial charge in [-0.2, -0.15) is 4.98 Å². The van der Waals surface area contributed by atoms with Crippen LogP contribution in [0.15, 0.2) is 28.8 Å². The quantitative estimate of drug-likeness (QED) is 0.872. The van der Waals surface area contributed by atoms with Gasteiger partial charge in [0.2, 0.25) is 17.6 Å². The molecule has 0 N–H and O–H groups in total. The predicted molar refractivity (Wildman–Crippen MR) is 74.4 cm³/mol. The van der Waals surface area contributed by atoms with E-state index in [0.29, 0.717) is 36.2 Å². The summed E-state index contributed by atoms with van der Waals surface area (Å²) in [5.74, 6) is 1.42. The van der Waals surface area contributed by atoms with Gasteiger partial charge in [0, 0.05) is 30.1 Å². The van der Waals surface area contributed by atoms with Crippen molar-refractivity contribution in [3.05, 3.63) is 35.2 Å². The number of rotatable bonds is 3. The Balaban J connectivity index is 1.71. The Morgan fingerprint density at radius 3 is 3.00 bits per heavy atom. The van der Waals surface area contributed by atoms with Gasteiger partial charge in [-0.25, -0.2) is 0 Å². The minimum atomic E-state index is 0.144. The van der Waals surface area contributed by atoms with E-state index in [4.69, 9.17) is 16.1 Å². The van der Waals surface area contributed by atoms with Crippen LogP contribution in [-0.2, 0) is 4.79 Å². The molecular weight excluding hydrogens is 278 g/mol.